The molecule has 2 unspecified atom stereocenters. The van der Waals surface area contributed by atoms with Gasteiger partial charge >= 0.3 is 0 Å². The van der Waals surface area contributed by atoms with Gasteiger partial charge in [0.15, 0.2) is 0 Å². The number of hydrogen-bond donors (Lipinski definition) is 1. The van der Waals surface area contributed by atoms with Crippen LogP contribution in [0.25, 0.3) is 0 Å². The Hall–Kier alpha value is -1.03. The average Bonchev–Trinajstić information content (AvgIpc) is 2.91. The van der Waals surface area contributed by atoms with Crippen LogP contribution in [0.3, 0.4) is 0 Å². The minimum atomic E-state index is 0.686. The molecular formula is C13H22N4. The third-order valence-electron chi connectivity index (χ3n) is 4.15. The van der Waals surface area contributed by atoms with E-state index in [2.05, 4.69) is 35.0 Å². The number of hydrogen-bond acceptors (Lipinski definition) is 3. The molecule has 0 aliphatic carbocycles. The first-order valence-electron chi connectivity index (χ1n) is 6.78. The van der Waals surface area contributed by atoms with Gasteiger partial charge < -0.3 is 14.8 Å². The fourth-order valence-corrected chi connectivity index (χ4v) is 3.19. The topological polar surface area (TPSA) is 33.1 Å². The molecule has 4 heteroatoms. The average molecular weight is 234 g/mol. The number of fused-ring (bicyclic) bond motifs is 1. The molecule has 0 radical (unpaired) electrons. The molecule has 2 fully saturated rings. The molecule has 94 valence electrons. The molecule has 2 aliphatic rings. The molecule has 0 amide bonds. The third kappa shape index (κ3) is 1.95. The van der Waals surface area contributed by atoms with Crippen molar-refractivity contribution in [3.05, 3.63) is 11.9 Å². The van der Waals surface area contributed by atoms with Gasteiger partial charge in [-0.1, -0.05) is 6.92 Å². The molecule has 0 bridgehead atoms. The van der Waals surface area contributed by atoms with Crippen LogP contribution in [-0.4, -0.2) is 35.2 Å². The number of anilines is 1. The lowest BCUT2D eigenvalue weighted by atomic mass is 9.94. The second-order valence-electron chi connectivity index (χ2n) is 5.36. The highest BCUT2D eigenvalue weighted by molar-refractivity contribution is 5.36. The summed E-state index contributed by atoms with van der Waals surface area (Å²) in [7, 11) is 2.11. The van der Waals surface area contributed by atoms with Crippen LogP contribution < -0.4 is 10.2 Å². The fourth-order valence-electron chi connectivity index (χ4n) is 3.19. The lowest BCUT2D eigenvalue weighted by molar-refractivity contribution is 0.340. The first-order valence-corrected chi connectivity index (χ1v) is 6.78. The van der Waals surface area contributed by atoms with E-state index >= 15 is 0 Å². The Morgan fingerprint density at radius 1 is 1.47 bits per heavy atom. The van der Waals surface area contributed by atoms with Crippen LogP contribution in [0, 0.1) is 5.92 Å². The van der Waals surface area contributed by atoms with Crippen LogP contribution >= 0.6 is 0 Å². The van der Waals surface area contributed by atoms with Crippen molar-refractivity contribution >= 4 is 5.95 Å². The number of rotatable bonds is 2. The van der Waals surface area contributed by atoms with Gasteiger partial charge in [-0.25, -0.2) is 4.98 Å². The zero-order valence-electron chi connectivity index (χ0n) is 10.8. The van der Waals surface area contributed by atoms with Crippen molar-refractivity contribution < 1.29 is 0 Å². The van der Waals surface area contributed by atoms with Crippen LogP contribution in [-0.2, 0) is 13.5 Å². The molecular weight excluding hydrogens is 212 g/mol. The lowest BCUT2D eigenvalue weighted by Gasteiger charge is -2.24. The predicted molar refractivity (Wildman–Crippen MR) is 69.3 cm³/mol. The molecule has 3 heterocycles. The Labute approximate surface area is 103 Å². The molecule has 0 aromatic carbocycles. The highest BCUT2D eigenvalue weighted by atomic mass is 15.3. The van der Waals surface area contributed by atoms with Gasteiger partial charge in [0, 0.05) is 32.4 Å². The SMILES string of the molecule is CCc1cn(C)c(N2CC3CCCNC3C2)n1. The van der Waals surface area contributed by atoms with E-state index in [-0.39, 0.29) is 0 Å². The highest BCUT2D eigenvalue weighted by Gasteiger charge is 2.35. The van der Waals surface area contributed by atoms with Crippen molar-refractivity contribution in [3.8, 4) is 0 Å². The number of piperidine rings is 1. The number of imidazole rings is 1. The van der Waals surface area contributed by atoms with Gasteiger partial charge in [0.2, 0.25) is 5.95 Å². The zero-order valence-corrected chi connectivity index (χ0v) is 10.8. The summed E-state index contributed by atoms with van der Waals surface area (Å²) in [6.45, 7) is 5.65. The minimum Gasteiger partial charge on any atom is -0.340 e. The van der Waals surface area contributed by atoms with Crippen molar-refractivity contribution in [2.24, 2.45) is 13.0 Å². The molecule has 17 heavy (non-hydrogen) atoms. The molecule has 2 atom stereocenters. The normalized spacial score (nSPS) is 28.5. The Balaban J connectivity index is 1.78. The van der Waals surface area contributed by atoms with Crippen LogP contribution in [0.1, 0.15) is 25.5 Å². The molecule has 3 rings (SSSR count). The molecule has 0 saturated carbocycles. The fraction of sp³-hybridized carbons (Fsp3) is 0.769. The summed E-state index contributed by atoms with van der Waals surface area (Å²) in [6, 6.07) is 0.686. The van der Waals surface area contributed by atoms with E-state index in [1.165, 1.54) is 31.6 Å². The van der Waals surface area contributed by atoms with Gasteiger partial charge in [0.1, 0.15) is 0 Å². The second kappa shape index (κ2) is 4.33. The van der Waals surface area contributed by atoms with E-state index in [0.29, 0.717) is 6.04 Å². The summed E-state index contributed by atoms with van der Waals surface area (Å²) in [6.07, 6.45) is 5.88. The highest BCUT2D eigenvalue weighted by Crippen LogP contribution is 2.28. The first kappa shape index (κ1) is 11.1. The zero-order chi connectivity index (χ0) is 11.8. The quantitative estimate of drug-likeness (QED) is 0.834. The van der Waals surface area contributed by atoms with Crippen LogP contribution in [0.15, 0.2) is 6.20 Å². The molecule has 2 saturated heterocycles. The summed E-state index contributed by atoms with van der Waals surface area (Å²) in [5.74, 6) is 1.98. The summed E-state index contributed by atoms with van der Waals surface area (Å²) in [5.41, 5.74) is 1.20. The van der Waals surface area contributed by atoms with E-state index in [9.17, 15) is 0 Å². The van der Waals surface area contributed by atoms with Gasteiger partial charge in [0.25, 0.3) is 0 Å². The minimum absolute atomic E-state index is 0.686. The van der Waals surface area contributed by atoms with Gasteiger partial charge in [-0.3, -0.25) is 0 Å². The third-order valence-corrected chi connectivity index (χ3v) is 4.15. The number of nitrogens with zero attached hydrogens (tertiary/aromatic N) is 3. The van der Waals surface area contributed by atoms with Crippen LogP contribution in [0.4, 0.5) is 5.95 Å². The van der Waals surface area contributed by atoms with Crippen molar-refractivity contribution in [3.63, 3.8) is 0 Å². The van der Waals surface area contributed by atoms with E-state index in [1.54, 1.807) is 0 Å². The molecule has 1 aromatic rings. The van der Waals surface area contributed by atoms with Gasteiger partial charge in [-0.2, -0.15) is 0 Å². The Kier molecular flexibility index (Phi) is 2.82. The number of nitrogens with one attached hydrogen (secondary N) is 1. The van der Waals surface area contributed by atoms with E-state index < -0.39 is 0 Å². The van der Waals surface area contributed by atoms with E-state index in [4.69, 9.17) is 4.98 Å². The maximum atomic E-state index is 4.73. The molecule has 0 spiro atoms. The van der Waals surface area contributed by atoms with Gasteiger partial charge in [-0.15, -0.1) is 0 Å². The lowest BCUT2D eigenvalue weighted by Crippen LogP contribution is -2.40. The summed E-state index contributed by atoms with van der Waals surface area (Å²) in [4.78, 5) is 7.18. The molecule has 4 nitrogen and oxygen atoms in total. The smallest absolute Gasteiger partial charge is 0.205 e. The van der Waals surface area contributed by atoms with E-state index in [1.807, 2.05) is 0 Å². The monoisotopic (exact) mass is 234 g/mol. The molecule has 1 N–H and O–H groups in total. The summed E-state index contributed by atoms with van der Waals surface area (Å²) >= 11 is 0. The number of aryl methyl sites for hydroxylation is 2. The standard InChI is InChI=1S/C13H22N4/c1-3-11-8-16(2)13(15-11)17-7-10-5-4-6-14-12(10)9-17/h8,10,12,14H,3-7,9H2,1-2H3. The Morgan fingerprint density at radius 3 is 3.06 bits per heavy atom. The van der Waals surface area contributed by atoms with Crippen molar-refractivity contribution in [1.29, 1.82) is 0 Å². The molecule has 2 aliphatic heterocycles. The Morgan fingerprint density at radius 2 is 2.35 bits per heavy atom. The van der Waals surface area contributed by atoms with E-state index in [0.717, 1.165) is 24.8 Å². The van der Waals surface area contributed by atoms with Crippen molar-refractivity contribution in [2.45, 2.75) is 32.2 Å². The Bertz CT molecular complexity index is 384. The van der Waals surface area contributed by atoms with Crippen molar-refractivity contribution in [1.82, 2.24) is 14.9 Å². The van der Waals surface area contributed by atoms with Gasteiger partial charge in [0.05, 0.1) is 5.69 Å². The van der Waals surface area contributed by atoms with Crippen molar-refractivity contribution in [2.75, 3.05) is 24.5 Å². The second-order valence-corrected chi connectivity index (χ2v) is 5.36. The summed E-state index contributed by atoms with van der Waals surface area (Å²) in [5, 5.41) is 3.64. The maximum absolute atomic E-state index is 4.73. The largest absolute Gasteiger partial charge is 0.340 e. The predicted octanol–water partition coefficient (Wildman–Crippen LogP) is 1.17. The van der Waals surface area contributed by atoms with Crippen LogP contribution in [0.2, 0.25) is 0 Å². The summed E-state index contributed by atoms with van der Waals surface area (Å²) < 4.78 is 2.18. The first-order chi connectivity index (χ1) is 8.28. The number of aromatic nitrogens is 2. The maximum Gasteiger partial charge on any atom is 0.205 e. The molecule has 1 aromatic heterocycles. The van der Waals surface area contributed by atoms with Gasteiger partial charge in [-0.05, 0) is 31.7 Å². The van der Waals surface area contributed by atoms with Crippen LogP contribution in [0.5, 0.6) is 0 Å².